The number of piperidine rings is 2. The minimum Gasteiger partial charge on any atom is -0.496 e. The molecule has 0 bridgehead atoms. The first-order chi connectivity index (χ1) is 25.4. The first-order valence-corrected chi connectivity index (χ1v) is 17.9. The zero-order valence-corrected chi connectivity index (χ0v) is 29.8. The molecule has 2 fully saturated rings. The summed E-state index contributed by atoms with van der Waals surface area (Å²) in [7, 11) is 3.25. The van der Waals surface area contributed by atoms with E-state index in [1.807, 2.05) is 47.4 Å². The van der Waals surface area contributed by atoms with Gasteiger partial charge in [0.25, 0.3) is 0 Å². The second kappa shape index (κ2) is 15.3. The number of ether oxygens (including phenoxy) is 4. The van der Waals surface area contributed by atoms with Crippen molar-refractivity contribution < 1.29 is 28.5 Å². The Morgan fingerprint density at radius 2 is 1.63 bits per heavy atom. The Morgan fingerprint density at radius 3 is 2.40 bits per heavy atom. The van der Waals surface area contributed by atoms with E-state index in [9.17, 15) is 9.59 Å². The Labute approximate surface area is 304 Å². The summed E-state index contributed by atoms with van der Waals surface area (Å²) in [6.45, 7) is 6.05. The van der Waals surface area contributed by atoms with Crippen molar-refractivity contribution in [2.45, 2.75) is 50.2 Å². The van der Waals surface area contributed by atoms with Crippen LogP contribution in [0.4, 0.5) is 0 Å². The summed E-state index contributed by atoms with van der Waals surface area (Å²) in [5.74, 6) is 2.69. The maximum Gasteiger partial charge on any atom is 0.246 e. The fourth-order valence-electron chi connectivity index (χ4n) is 7.44. The quantitative estimate of drug-likeness (QED) is 0.176. The first kappa shape index (κ1) is 34.8. The molecule has 1 spiro atoms. The molecule has 0 atom stereocenters. The van der Waals surface area contributed by atoms with Gasteiger partial charge in [0.2, 0.25) is 17.7 Å². The van der Waals surface area contributed by atoms with E-state index in [2.05, 4.69) is 40.8 Å². The highest BCUT2D eigenvalue weighted by Crippen LogP contribution is 2.42. The molecule has 3 aliphatic rings. The molecule has 0 radical (unpaired) electrons. The summed E-state index contributed by atoms with van der Waals surface area (Å²) in [4.78, 5) is 38.2. The van der Waals surface area contributed by atoms with Gasteiger partial charge in [-0.05, 0) is 65.9 Å². The van der Waals surface area contributed by atoms with Crippen LogP contribution < -0.4 is 18.9 Å². The van der Waals surface area contributed by atoms with Crippen molar-refractivity contribution in [3.05, 3.63) is 103 Å². The summed E-state index contributed by atoms with van der Waals surface area (Å²) in [6, 6.07) is 20.2. The number of fused-ring (bicyclic) bond motifs is 1. The molecule has 3 aromatic carbocycles. The Morgan fingerprint density at radius 1 is 0.865 bits per heavy atom. The number of methoxy groups -OCH3 is 2. The van der Waals surface area contributed by atoms with E-state index in [4.69, 9.17) is 18.9 Å². The largest absolute Gasteiger partial charge is 0.496 e. The molecule has 2 amide bonds. The van der Waals surface area contributed by atoms with Crippen LogP contribution in [0.15, 0.2) is 91.8 Å². The van der Waals surface area contributed by atoms with Crippen LogP contribution in [0.1, 0.15) is 43.2 Å². The molecule has 4 heterocycles. The molecule has 2 saturated heterocycles. The molecular weight excluding hydrogens is 656 g/mol. The lowest BCUT2D eigenvalue weighted by Gasteiger charge is -2.44. The number of para-hydroxylation sites is 1. The van der Waals surface area contributed by atoms with Crippen LogP contribution in [-0.2, 0) is 16.0 Å². The van der Waals surface area contributed by atoms with Crippen LogP contribution in [0.5, 0.6) is 23.1 Å². The second-order valence-electron chi connectivity index (χ2n) is 13.5. The van der Waals surface area contributed by atoms with Crippen molar-refractivity contribution in [2.75, 3.05) is 40.4 Å². The fourth-order valence-corrected chi connectivity index (χ4v) is 7.44. The average Bonchev–Trinajstić information content (AvgIpc) is 3.20. The third-order valence-electron chi connectivity index (χ3n) is 10.4. The zero-order valence-electron chi connectivity index (χ0n) is 29.8. The highest BCUT2D eigenvalue weighted by molar-refractivity contribution is 5.93. The van der Waals surface area contributed by atoms with Gasteiger partial charge in [0.1, 0.15) is 34.6 Å². The minimum absolute atomic E-state index is 0.0353. The molecule has 10 heteroatoms. The zero-order chi connectivity index (χ0) is 36.1. The van der Waals surface area contributed by atoms with Gasteiger partial charge in [0.15, 0.2) is 0 Å². The normalized spacial score (nSPS) is 17.0. The van der Waals surface area contributed by atoms with Crippen LogP contribution in [-0.4, -0.2) is 83.7 Å². The second-order valence-corrected chi connectivity index (χ2v) is 13.5. The molecule has 0 N–H and O–H groups in total. The van der Waals surface area contributed by atoms with Crippen molar-refractivity contribution in [1.29, 1.82) is 0 Å². The molecule has 4 aromatic rings. The number of aryl methyl sites for hydroxylation is 1. The van der Waals surface area contributed by atoms with Crippen LogP contribution in [0.3, 0.4) is 0 Å². The van der Waals surface area contributed by atoms with Crippen molar-refractivity contribution in [1.82, 2.24) is 19.8 Å². The molecule has 0 unspecified atom stereocenters. The lowest BCUT2D eigenvalue weighted by Crippen LogP contribution is -2.50. The molecule has 1 aromatic heterocycles. The molecule has 52 heavy (non-hydrogen) atoms. The predicted molar refractivity (Wildman–Crippen MR) is 199 cm³/mol. The highest BCUT2D eigenvalue weighted by Gasteiger charge is 2.40. The van der Waals surface area contributed by atoms with E-state index in [-0.39, 0.29) is 23.5 Å². The Hall–Kier alpha value is -5.64. The SMILES string of the molecule is C=CC(=O)N1CCC(Oc2ccc(/C=C/C(=O)N3CCC4(CCc5ccc(-c6ccccc6OC)cc5O4)CC3)c(-c3nccnc3OC)c2)CC1. The van der Waals surface area contributed by atoms with Crippen LogP contribution >= 0.6 is 0 Å². The van der Waals surface area contributed by atoms with Crippen molar-refractivity contribution in [3.63, 3.8) is 0 Å². The van der Waals surface area contributed by atoms with Crippen molar-refractivity contribution >= 4 is 17.9 Å². The summed E-state index contributed by atoms with van der Waals surface area (Å²) < 4.78 is 24.3. The summed E-state index contributed by atoms with van der Waals surface area (Å²) >= 11 is 0. The number of aromatic nitrogens is 2. The molecule has 7 rings (SSSR count). The molecule has 268 valence electrons. The van der Waals surface area contributed by atoms with Gasteiger partial charge in [-0.2, -0.15) is 0 Å². The number of nitrogens with zero attached hydrogens (tertiary/aromatic N) is 4. The van der Waals surface area contributed by atoms with E-state index in [0.717, 1.165) is 72.3 Å². The van der Waals surface area contributed by atoms with E-state index in [1.54, 1.807) is 37.6 Å². The van der Waals surface area contributed by atoms with Crippen LogP contribution in [0.25, 0.3) is 28.5 Å². The lowest BCUT2D eigenvalue weighted by molar-refractivity contribution is -0.130. The molecule has 3 aliphatic heterocycles. The van der Waals surface area contributed by atoms with Gasteiger partial charge >= 0.3 is 0 Å². The lowest BCUT2D eigenvalue weighted by atomic mass is 9.82. The third-order valence-corrected chi connectivity index (χ3v) is 10.4. The van der Waals surface area contributed by atoms with Crippen molar-refractivity contribution in [3.8, 4) is 45.5 Å². The van der Waals surface area contributed by atoms with Crippen LogP contribution in [0, 0.1) is 0 Å². The maximum absolute atomic E-state index is 13.6. The maximum atomic E-state index is 13.6. The number of amides is 2. The molecule has 0 saturated carbocycles. The predicted octanol–water partition coefficient (Wildman–Crippen LogP) is 6.78. The van der Waals surface area contributed by atoms with Crippen molar-refractivity contribution in [2.24, 2.45) is 0 Å². The average molecular weight is 701 g/mol. The number of hydrogen-bond donors (Lipinski definition) is 0. The van der Waals surface area contributed by atoms with Gasteiger partial charge in [-0.1, -0.05) is 43.0 Å². The summed E-state index contributed by atoms with van der Waals surface area (Å²) in [6.07, 6.45) is 12.8. The Balaban J connectivity index is 1.03. The number of likely N-dealkylation sites (tertiary alicyclic amines) is 2. The van der Waals surface area contributed by atoms with Gasteiger partial charge in [0.05, 0.1) is 14.2 Å². The van der Waals surface area contributed by atoms with Gasteiger partial charge in [0, 0.05) is 81.5 Å². The number of carbonyl (C=O) groups is 2. The van der Waals surface area contributed by atoms with Crippen LogP contribution in [0.2, 0.25) is 0 Å². The van der Waals surface area contributed by atoms with E-state index in [1.165, 1.54) is 11.6 Å². The standard InChI is InChI=1S/C42H44N4O6/c1-4-38(47)45-23-16-32(17-24-45)51-33-13-11-29(35(28-33)40-41(50-3)44-22-21-43-40)12-14-39(48)46-25-19-42(20-26-46)18-15-30-9-10-31(27-37(30)52-42)34-7-5-6-8-36(34)49-2/h4-14,21-22,27-28,32H,1,15-20,23-26H2,2-3H3/b14-12+. The topological polar surface area (TPSA) is 103 Å². The summed E-state index contributed by atoms with van der Waals surface area (Å²) in [5, 5.41) is 0. The van der Waals surface area contributed by atoms with Gasteiger partial charge in [-0.25, -0.2) is 9.97 Å². The Kier molecular flexibility index (Phi) is 10.2. The van der Waals surface area contributed by atoms with E-state index >= 15 is 0 Å². The van der Waals surface area contributed by atoms with Gasteiger partial charge in [-0.15, -0.1) is 0 Å². The molecule has 10 nitrogen and oxygen atoms in total. The fraction of sp³-hybridized carbons (Fsp3) is 0.333. The number of benzene rings is 3. The first-order valence-electron chi connectivity index (χ1n) is 17.9. The van der Waals surface area contributed by atoms with E-state index in [0.29, 0.717) is 43.5 Å². The minimum atomic E-state index is -0.295. The number of rotatable bonds is 9. The van der Waals surface area contributed by atoms with E-state index < -0.39 is 0 Å². The van der Waals surface area contributed by atoms with Gasteiger partial charge in [-0.3, -0.25) is 9.59 Å². The molecule has 0 aliphatic carbocycles. The highest BCUT2D eigenvalue weighted by atomic mass is 16.5. The summed E-state index contributed by atoms with van der Waals surface area (Å²) in [5.41, 5.74) is 5.09. The number of carbonyl (C=O) groups excluding carboxylic acids is 2. The smallest absolute Gasteiger partial charge is 0.246 e. The monoisotopic (exact) mass is 700 g/mol. The third kappa shape index (κ3) is 7.37. The molecular formula is C42H44N4O6. The Bertz CT molecular complexity index is 1980. The number of hydrogen-bond acceptors (Lipinski definition) is 8. The van der Waals surface area contributed by atoms with Gasteiger partial charge < -0.3 is 28.7 Å².